The van der Waals surface area contributed by atoms with Gasteiger partial charge in [-0.25, -0.2) is 0 Å². The summed E-state index contributed by atoms with van der Waals surface area (Å²) in [6.45, 7) is 6.16. The minimum absolute atomic E-state index is 0.926. The van der Waals surface area contributed by atoms with Crippen LogP contribution in [0.1, 0.15) is 18.9 Å². The van der Waals surface area contributed by atoms with Crippen LogP contribution in [-0.4, -0.2) is 41.9 Å². The highest BCUT2D eigenvalue weighted by Gasteiger charge is 1.98. The molecular weight excluding hydrogens is 188 g/mol. The second-order valence-electron chi connectivity index (χ2n) is 4.09. The van der Waals surface area contributed by atoms with Crippen molar-refractivity contribution in [3.63, 3.8) is 0 Å². The maximum atomic E-state index is 4.32. The van der Waals surface area contributed by atoms with Gasteiger partial charge in [0.05, 0.1) is 12.7 Å². The van der Waals surface area contributed by atoms with Crippen molar-refractivity contribution in [3.8, 4) is 0 Å². The number of hydrogen-bond acceptors (Lipinski definition) is 3. The van der Waals surface area contributed by atoms with Crippen molar-refractivity contribution in [2.24, 2.45) is 0 Å². The Morgan fingerprint density at radius 3 is 2.93 bits per heavy atom. The Balaban J connectivity index is 2.29. The molecule has 86 valence electrons. The molecule has 4 heteroatoms. The zero-order valence-corrected chi connectivity index (χ0v) is 10.0. The van der Waals surface area contributed by atoms with Crippen LogP contribution in [0.4, 0.5) is 0 Å². The van der Waals surface area contributed by atoms with E-state index < -0.39 is 0 Å². The molecule has 0 unspecified atom stereocenters. The quantitative estimate of drug-likeness (QED) is 0.680. The molecule has 1 N–H and O–H groups in total. The van der Waals surface area contributed by atoms with Crippen molar-refractivity contribution in [1.29, 1.82) is 0 Å². The first-order chi connectivity index (χ1) is 7.22. The molecular formula is C11H22N4. The Kier molecular flexibility index (Phi) is 5.36. The molecule has 0 spiro atoms. The average Bonchev–Trinajstić information content (AvgIpc) is 2.63. The van der Waals surface area contributed by atoms with E-state index in [0.29, 0.717) is 0 Å². The third-order valence-corrected chi connectivity index (χ3v) is 2.22. The topological polar surface area (TPSA) is 33.1 Å². The molecule has 15 heavy (non-hydrogen) atoms. The lowest BCUT2D eigenvalue weighted by Gasteiger charge is -2.08. The predicted octanol–water partition coefficient (Wildman–Crippen LogP) is 0.944. The van der Waals surface area contributed by atoms with Gasteiger partial charge in [-0.1, -0.05) is 6.92 Å². The molecule has 0 saturated carbocycles. The highest BCUT2D eigenvalue weighted by molar-refractivity contribution is 5.03. The average molecular weight is 210 g/mol. The van der Waals surface area contributed by atoms with Crippen molar-refractivity contribution >= 4 is 0 Å². The second kappa shape index (κ2) is 6.58. The summed E-state index contributed by atoms with van der Waals surface area (Å²) in [6.07, 6.45) is 5.24. The second-order valence-corrected chi connectivity index (χ2v) is 4.09. The first-order valence-corrected chi connectivity index (χ1v) is 5.59. The van der Waals surface area contributed by atoms with Gasteiger partial charge in [0.15, 0.2) is 0 Å². The molecule has 4 nitrogen and oxygen atoms in total. The predicted molar refractivity (Wildman–Crippen MR) is 62.8 cm³/mol. The molecule has 0 aliphatic heterocycles. The summed E-state index contributed by atoms with van der Waals surface area (Å²) in [5.41, 5.74) is 1.27. The van der Waals surface area contributed by atoms with Crippen LogP contribution >= 0.6 is 0 Å². The minimum Gasteiger partial charge on any atom is -0.313 e. The lowest BCUT2D eigenvalue weighted by atomic mass is 10.3. The van der Waals surface area contributed by atoms with E-state index >= 15 is 0 Å². The van der Waals surface area contributed by atoms with Crippen LogP contribution in [0.15, 0.2) is 12.4 Å². The summed E-state index contributed by atoms with van der Waals surface area (Å²) < 4.78 is 2.00. The fourth-order valence-electron chi connectivity index (χ4n) is 1.33. The molecule has 0 amide bonds. The van der Waals surface area contributed by atoms with E-state index in [1.54, 1.807) is 0 Å². The summed E-state index contributed by atoms with van der Waals surface area (Å²) in [6, 6.07) is 0. The number of aromatic nitrogens is 2. The van der Waals surface area contributed by atoms with Gasteiger partial charge >= 0.3 is 0 Å². The Bertz CT molecular complexity index is 267. The van der Waals surface area contributed by atoms with Crippen molar-refractivity contribution in [2.45, 2.75) is 26.4 Å². The lowest BCUT2D eigenvalue weighted by Crippen LogP contribution is -2.18. The number of nitrogens with one attached hydrogen (secondary N) is 1. The smallest absolute Gasteiger partial charge is 0.0536 e. The van der Waals surface area contributed by atoms with E-state index in [9.17, 15) is 0 Å². The zero-order chi connectivity index (χ0) is 11.1. The summed E-state index contributed by atoms with van der Waals surface area (Å²) in [5, 5.41) is 7.68. The maximum absolute atomic E-state index is 4.32. The number of rotatable bonds is 7. The summed E-state index contributed by atoms with van der Waals surface area (Å²) in [4.78, 5) is 2.16. The van der Waals surface area contributed by atoms with E-state index in [2.05, 4.69) is 42.5 Å². The van der Waals surface area contributed by atoms with E-state index in [1.165, 1.54) is 12.0 Å². The van der Waals surface area contributed by atoms with Gasteiger partial charge in [0.1, 0.15) is 0 Å². The summed E-state index contributed by atoms with van der Waals surface area (Å²) in [7, 11) is 4.15. The molecule has 0 bridgehead atoms. The number of likely N-dealkylation sites (N-methyl/N-ethyl adjacent to an activating group) is 1. The molecule has 0 saturated heterocycles. The Morgan fingerprint density at radius 1 is 1.47 bits per heavy atom. The lowest BCUT2D eigenvalue weighted by molar-refractivity contribution is 0.373. The summed E-state index contributed by atoms with van der Waals surface area (Å²) in [5.74, 6) is 0. The normalized spacial score (nSPS) is 11.2. The van der Waals surface area contributed by atoms with E-state index in [1.807, 2.05) is 10.9 Å². The molecule has 1 aromatic rings. The van der Waals surface area contributed by atoms with Gasteiger partial charge in [0.2, 0.25) is 0 Å². The first kappa shape index (κ1) is 12.2. The molecule has 0 aromatic carbocycles. The molecule has 0 aliphatic carbocycles. The number of nitrogens with zero attached hydrogens (tertiary/aromatic N) is 3. The molecule has 0 atom stereocenters. The van der Waals surface area contributed by atoms with Gasteiger partial charge in [-0.2, -0.15) is 5.10 Å². The van der Waals surface area contributed by atoms with Crippen LogP contribution in [0, 0.1) is 0 Å². The van der Waals surface area contributed by atoms with Gasteiger partial charge in [-0.05, 0) is 27.1 Å². The van der Waals surface area contributed by atoms with Crippen LogP contribution in [0.5, 0.6) is 0 Å². The zero-order valence-electron chi connectivity index (χ0n) is 10.0. The fraction of sp³-hybridized carbons (Fsp3) is 0.727. The standard InChI is InChI=1S/C11H22N4/c1-4-5-12-8-11-9-13-15(10-11)7-6-14(2)3/h9-10,12H,4-8H2,1-3H3. The van der Waals surface area contributed by atoms with Crippen LogP contribution in [0.2, 0.25) is 0 Å². The third kappa shape index (κ3) is 4.95. The minimum atomic E-state index is 0.926. The largest absolute Gasteiger partial charge is 0.313 e. The van der Waals surface area contributed by atoms with Gasteiger partial charge in [-0.15, -0.1) is 0 Å². The molecule has 0 aliphatic rings. The van der Waals surface area contributed by atoms with Crippen LogP contribution in [0.3, 0.4) is 0 Å². The third-order valence-electron chi connectivity index (χ3n) is 2.22. The van der Waals surface area contributed by atoms with Crippen LogP contribution < -0.4 is 5.32 Å². The highest BCUT2D eigenvalue weighted by Crippen LogP contribution is 1.97. The monoisotopic (exact) mass is 210 g/mol. The van der Waals surface area contributed by atoms with Crippen LogP contribution in [-0.2, 0) is 13.1 Å². The molecule has 0 radical (unpaired) electrons. The van der Waals surface area contributed by atoms with E-state index in [0.717, 1.165) is 26.2 Å². The van der Waals surface area contributed by atoms with Crippen molar-refractivity contribution < 1.29 is 0 Å². The van der Waals surface area contributed by atoms with E-state index in [4.69, 9.17) is 0 Å². The van der Waals surface area contributed by atoms with Crippen molar-refractivity contribution in [2.75, 3.05) is 27.2 Å². The van der Waals surface area contributed by atoms with Gasteiger partial charge in [0.25, 0.3) is 0 Å². The molecule has 1 heterocycles. The Hall–Kier alpha value is -0.870. The highest BCUT2D eigenvalue weighted by atomic mass is 15.3. The number of hydrogen-bond donors (Lipinski definition) is 1. The van der Waals surface area contributed by atoms with Crippen LogP contribution in [0.25, 0.3) is 0 Å². The summed E-state index contributed by atoms with van der Waals surface area (Å²) >= 11 is 0. The Morgan fingerprint density at radius 2 is 2.27 bits per heavy atom. The SMILES string of the molecule is CCCNCc1cnn(CCN(C)C)c1. The van der Waals surface area contributed by atoms with Gasteiger partial charge in [0, 0.05) is 24.8 Å². The fourth-order valence-corrected chi connectivity index (χ4v) is 1.33. The van der Waals surface area contributed by atoms with E-state index in [-0.39, 0.29) is 0 Å². The van der Waals surface area contributed by atoms with Gasteiger partial charge in [-0.3, -0.25) is 4.68 Å². The Labute approximate surface area is 92.3 Å². The molecule has 1 aromatic heterocycles. The van der Waals surface area contributed by atoms with Gasteiger partial charge < -0.3 is 10.2 Å². The molecule has 1 rings (SSSR count). The van der Waals surface area contributed by atoms with Crippen molar-refractivity contribution in [1.82, 2.24) is 20.0 Å². The van der Waals surface area contributed by atoms with Crippen molar-refractivity contribution in [3.05, 3.63) is 18.0 Å². The maximum Gasteiger partial charge on any atom is 0.0536 e. The first-order valence-electron chi connectivity index (χ1n) is 5.59. The molecule has 0 fully saturated rings.